The van der Waals surface area contributed by atoms with Gasteiger partial charge in [-0.3, -0.25) is 0 Å². The van der Waals surface area contributed by atoms with E-state index < -0.39 is 0 Å². The Morgan fingerprint density at radius 1 is 1.29 bits per heavy atom. The maximum absolute atomic E-state index is 5.90. The maximum Gasteiger partial charge on any atom is 0.0361 e. The molecule has 0 amide bonds. The van der Waals surface area contributed by atoms with Crippen LogP contribution in [0.3, 0.4) is 0 Å². The lowest BCUT2D eigenvalue weighted by Crippen LogP contribution is -2.01. The lowest BCUT2D eigenvalue weighted by atomic mass is 10.0. The number of benzene rings is 1. The minimum atomic E-state index is 0.120. The molecular weight excluding hydrogens is 294 g/mol. The zero-order valence-electron chi connectivity index (χ0n) is 10.0. The third-order valence-electron chi connectivity index (χ3n) is 2.79. The normalized spacial score (nSPS) is 12.7. The molecule has 2 rings (SSSR count). The van der Waals surface area contributed by atoms with E-state index in [-0.39, 0.29) is 6.04 Å². The van der Waals surface area contributed by atoms with Crippen molar-refractivity contribution in [3.63, 3.8) is 0 Å². The first-order valence-corrected chi connectivity index (χ1v) is 7.37. The highest BCUT2D eigenvalue weighted by molar-refractivity contribution is 9.10. The Bertz CT molecular complexity index is 517. The molecule has 0 aliphatic rings. The van der Waals surface area contributed by atoms with Crippen LogP contribution in [0.5, 0.6) is 0 Å². The second-order valence-electron chi connectivity index (χ2n) is 4.15. The summed E-state index contributed by atoms with van der Waals surface area (Å²) in [6.07, 6.45) is 1.04. The molecule has 1 aromatic carbocycles. The van der Waals surface area contributed by atoms with Crippen molar-refractivity contribution in [1.82, 2.24) is 0 Å². The standard InChI is InChI=1S/C14H16BrNS/c1-3-10-8-11(15)4-5-12(10)14-7-6-13(17-14)9(2)16/h4-9H,3,16H2,1-2H3. The molecule has 0 bridgehead atoms. The first-order valence-electron chi connectivity index (χ1n) is 5.76. The Morgan fingerprint density at radius 3 is 2.65 bits per heavy atom. The third kappa shape index (κ3) is 2.79. The highest BCUT2D eigenvalue weighted by Gasteiger charge is 2.09. The number of halogens is 1. The van der Waals surface area contributed by atoms with Crippen molar-refractivity contribution in [2.45, 2.75) is 26.3 Å². The summed E-state index contributed by atoms with van der Waals surface area (Å²) in [5.41, 5.74) is 8.60. The summed E-state index contributed by atoms with van der Waals surface area (Å²) in [7, 11) is 0. The van der Waals surface area contributed by atoms with Gasteiger partial charge in [-0.25, -0.2) is 0 Å². The molecule has 0 spiro atoms. The molecule has 1 heterocycles. The topological polar surface area (TPSA) is 26.0 Å². The van der Waals surface area contributed by atoms with Crippen molar-refractivity contribution in [1.29, 1.82) is 0 Å². The molecule has 1 atom stereocenters. The van der Waals surface area contributed by atoms with Crippen molar-refractivity contribution in [2.75, 3.05) is 0 Å². The number of thiophene rings is 1. The van der Waals surface area contributed by atoms with Gasteiger partial charge < -0.3 is 5.73 Å². The van der Waals surface area contributed by atoms with Gasteiger partial charge in [0.25, 0.3) is 0 Å². The van der Waals surface area contributed by atoms with Crippen LogP contribution in [0.25, 0.3) is 10.4 Å². The molecule has 1 nitrogen and oxygen atoms in total. The van der Waals surface area contributed by atoms with Gasteiger partial charge in [0.2, 0.25) is 0 Å². The number of hydrogen-bond acceptors (Lipinski definition) is 2. The fraction of sp³-hybridized carbons (Fsp3) is 0.286. The van der Waals surface area contributed by atoms with E-state index in [0.717, 1.165) is 10.9 Å². The van der Waals surface area contributed by atoms with Gasteiger partial charge in [-0.1, -0.05) is 28.9 Å². The second-order valence-corrected chi connectivity index (χ2v) is 6.18. The number of nitrogens with two attached hydrogens (primary N) is 1. The molecule has 2 aromatic rings. The predicted molar refractivity (Wildman–Crippen MR) is 79.4 cm³/mol. The first kappa shape index (κ1) is 12.8. The molecule has 3 heteroatoms. The van der Waals surface area contributed by atoms with Gasteiger partial charge in [0.1, 0.15) is 0 Å². The molecule has 90 valence electrons. The van der Waals surface area contributed by atoms with Gasteiger partial charge in [-0.2, -0.15) is 0 Å². The number of hydrogen-bond donors (Lipinski definition) is 1. The van der Waals surface area contributed by atoms with E-state index in [1.54, 1.807) is 11.3 Å². The van der Waals surface area contributed by atoms with Crippen LogP contribution in [-0.2, 0) is 6.42 Å². The van der Waals surface area contributed by atoms with Gasteiger partial charge in [0.15, 0.2) is 0 Å². The number of rotatable bonds is 3. The van der Waals surface area contributed by atoms with Crippen LogP contribution in [0, 0.1) is 0 Å². The van der Waals surface area contributed by atoms with Gasteiger partial charge >= 0.3 is 0 Å². The lowest BCUT2D eigenvalue weighted by Gasteiger charge is -2.06. The van der Waals surface area contributed by atoms with Crippen molar-refractivity contribution in [3.8, 4) is 10.4 Å². The second kappa shape index (κ2) is 5.34. The van der Waals surface area contributed by atoms with Gasteiger partial charge in [0.05, 0.1) is 0 Å². The van der Waals surface area contributed by atoms with Crippen LogP contribution in [0.15, 0.2) is 34.8 Å². The van der Waals surface area contributed by atoms with Crippen LogP contribution < -0.4 is 5.73 Å². The van der Waals surface area contributed by atoms with Crippen molar-refractivity contribution >= 4 is 27.3 Å². The Kier molecular flexibility index (Phi) is 4.02. The summed E-state index contributed by atoms with van der Waals surface area (Å²) in [5, 5.41) is 0. The van der Waals surface area contributed by atoms with E-state index in [1.165, 1.54) is 20.9 Å². The molecule has 1 unspecified atom stereocenters. The van der Waals surface area contributed by atoms with Crippen LogP contribution in [0.1, 0.15) is 30.3 Å². The molecule has 17 heavy (non-hydrogen) atoms. The largest absolute Gasteiger partial charge is 0.324 e. The quantitative estimate of drug-likeness (QED) is 0.869. The maximum atomic E-state index is 5.90. The molecule has 0 aliphatic carbocycles. The highest BCUT2D eigenvalue weighted by atomic mass is 79.9. The minimum absolute atomic E-state index is 0.120. The van der Waals surface area contributed by atoms with Gasteiger partial charge in [0, 0.05) is 20.3 Å². The van der Waals surface area contributed by atoms with Gasteiger partial charge in [-0.15, -0.1) is 11.3 Å². The van der Waals surface area contributed by atoms with E-state index >= 15 is 0 Å². The molecule has 0 aliphatic heterocycles. The Hall–Kier alpha value is -0.640. The monoisotopic (exact) mass is 309 g/mol. The van der Waals surface area contributed by atoms with Gasteiger partial charge in [-0.05, 0) is 48.7 Å². The van der Waals surface area contributed by atoms with Crippen LogP contribution >= 0.6 is 27.3 Å². The lowest BCUT2D eigenvalue weighted by molar-refractivity contribution is 0.838. The molecule has 0 saturated carbocycles. The van der Waals surface area contributed by atoms with E-state index in [9.17, 15) is 0 Å². The summed E-state index contributed by atoms with van der Waals surface area (Å²) < 4.78 is 1.14. The van der Waals surface area contributed by atoms with E-state index in [4.69, 9.17) is 5.73 Å². The smallest absolute Gasteiger partial charge is 0.0361 e. The van der Waals surface area contributed by atoms with Crippen LogP contribution in [0.2, 0.25) is 0 Å². The summed E-state index contributed by atoms with van der Waals surface area (Å²) >= 11 is 5.31. The molecule has 0 saturated heterocycles. The summed E-state index contributed by atoms with van der Waals surface area (Å²) in [4.78, 5) is 2.55. The van der Waals surface area contributed by atoms with Crippen molar-refractivity contribution in [3.05, 3.63) is 45.2 Å². The molecule has 0 fully saturated rings. The molecular formula is C14H16BrNS. The third-order valence-corrected chi connectivity index (χ3v) is 4.60. The first-order chi connectivity index (χ1) is 8.11. The Balaban J connectivity index is 2.44. The number of aryl methyl sites for hydroxylation is 1. The van der Waals surface area contributed by atoms with Crippen LogP contribution in [0.4, 0.5) is 0 Å². The minimum Gasteiger partial charge on any atom is -0.324 e. The summed E-state index contributed by atoms with van der Waals surface area (Å²) in [5.74, 6) is 0. The SMILES string of the molecule is CCc1cc(Br)ccc1-c1ccc(C(C)N)s1. The zero-order valence-corrected chi connectivity index (χ0v) is 12.4. The summed E-state index contributed by atoms with van der Waals surface area (Å²) in [6, 6.07) is 10.9. The highest BCUT2D eigenvalue weighted by Crippen LogP contribution is 2.34. The average Bonchev–Trinajstić information content (AvgIpc) is 2.78. The van der Waals surface area contributed by atoms with Crippen molar-refractivity contribution in [2.24, 2.45) is 5.73 Å². The van der Waals surface area contributed by atoms with E-state index in [1.807, 2.05) is 6.92 Å². The van der Waals surface area contributed by atoms with E-state index in [0.29, 0.717) is 0 Å². The zero-order chi connectivity index (χ0) is 12.4. The van der Waals surface area contributed by atoms with E-state index in [2.05, 4.69) is 53.2 Å². The molecule has 0 radical (unpaired) electrons. The Morgan fingerprint density at radius 2 is 2.06 bits per heavy atom. The molecule has 1 aromatic heterocycles. The van der Waals surface area contributed by atoms with Crippen LogP contribution in [-0.4, -0.2) is 0 Å². The van der Waals surface area contributed by atoms with Crippen molar-refractivity contribution < 1.29 is 0 Å². The fourth-order valence-electron chi connectivity index (χ4n) is 1.84. The average molecular weight is 310 g/mol. The molecule has 2 N–H and O–H groups in total. The Labute approximate surface area is 115 Å². The summed E-state index contributed by atoms with van der Waals surface area (Å²) in [6.45, 7) is 4.21. The predicted octanol–water partition coefficient (Wildman–Crippen LogP) is 4.76. The fourth-order valence-corrected chi connectivity index (χ4v) is 3.27.